The molecule has 1 atom stereocenters. The second-order valence-corrected chi connectivity index (χ2v) is 6.07. The number of nitrogens with zero attached hydrogens (tertiary/aromatic N) is 3. The van der Waals surface area contributed by atoms with Crippen molar-refractivity contribution in [2.24, 2.45) is 5.92 Å². The van der Waals surface area contributed by atoms with Crippen LogP contribution < -0.4 is 10.9 Å². The zero-order valence-electron chi connectivity index (χ0n) is 13.4. The predicted molar refractivity (Wildman–Crippen MR) is 85.1 cm³/mol. The van der Waals surface area contributed by atoms with E-state index in [0.717, 1.165) is 13.1 Å². The van der Waals surface area contributed by atoms with E-state index in [2.05, 4.69) is 29.0 Å². The van der Waals surface area contributed by atoms with Gasteiger partial charge in [0.25, 0.3) is 5.56 Å². The lowest BCUT2D eigenvalue weighted by atomic mass is 10.2. The van der Waals surface area contributed by atoms with Crippen molar-refractivity contribution < 1.29 is 9.84 Å². The Morgan fingerprint density at radius 3 is 2.77 bits per heavy atom. The summed E-state index contributed by atoms with van der Waals surface area (Å²) >= 11 is 0. The van der Waals surface area contributed by atoms with Gasteiger partial charge in [-0.05, 0) is 5.92 Å². The Balaban J connectivity index is 1.86. The number of aliphatic hydroxyl groups is 1. The molecule has 0 amide bonds. The molecule has 1 unspecified atom stereocenters. The number of hydrogen-bond acceptors (Lipinski definition) is 6. The van der Waals surface area contributed by atoms with Crippen LogP contribution >= 0.6 is 0 Å². The summed E-state index contributed by atoms with van der Waals surface area (Å²) < 4.78 is 6.93. The molecule has 1 aromatic rings. The third kappa shape index (κ3) is 5.08. The fourth-order valence-corrected chi connectivity index (χ4v) is 2.47. The Hall–Kier alpha value is -1.44. The zero-order valence-corrected chi connectivity index (χ0v) is 13.4. The van der Waals surface area contributed by atoms with Crippen molar-refractivity contribution in [2.75, 3.05) is 44.7 Å². The number of rotatable bonds is 7. The average Bonchev–Trinajstić information content (AvgIpc) is 2.49. The minimum absolute atomic E-state index is 0.144. The lowest BCUT2D eigenvalue weighted by molar-refractivity contribution is 0.0171. The Morgan fingerprint density at radius 1 is 1.36 bits per heavy atom. The molecule has 2 rings (SSSR count). The van der Waals surface area contributed by atoms with E-state index in [9.17, 15) is 9.90 Å². The Morgan fingerprint density at radius 2 is 2.09 bits per heavy atom. The molecule has 1 saturated heterocycles. The second-order valence-electron chi connectivity index (χ2n) is 6.07. The molecule has 0 bridgehead atoms. The lowest BCUT2D eigenvalue weighted by Crippen LogP contribution is -2.43. The van der Waals surface area contributed by atoms with E-state index in [0.29, 0.717) is 44.6 Å². The van der Waals surface area contributed by atoms with Crippen LogP contribution in [0.5, 0.6) is 0 Å². The third-order valence-electron chi connectivity index (χ3n) is 3.55. The average molecular weight is 310 g/mol. The summed E-state index contributed by atoms with van der Waals surface area (Å²) in [7, 11) is 0. The van der Waals surface area contributed by atoms with Gasteiger partial charge in [-0.15, -0.1) is 0 Å². The minimum Gasteiger partial charge on any atom is -0.390 e. The standard InChI is InChI=1S/C15H26N4O3/c1-12(2)10-19-4-3-16-14(15(19)21)17-9-13(20)11-18-5-7-22-8-6-18/h3-4,12-13,20H,5-11H2,1-2H3,(H,16,17). The lowest BCUT2D eigenvalue weighted by Gasteiger charge is -2.28. The van der Waals surface area contributed by atoms with E-state index in [1.165, 1.54) is 0 Å². The smallest absolute Gasteiger partial charge is 0.293 e. The SMILES string of the molecule is CC(C)Cn1ccnc(NCC(O)CN2CCOCC2)c1=O. The number of nitrogens with one attached hydrogen (secondary N) is 1. The molecule has 7 nitrogen and oxygen atoms in total. The molecule has 0 saturated carbocycles. The molecular formula is C15H26N4O3. The molecule has 0 radical (unpaired) electrons. The van der Waals surface area contributed by atoms with Gasteiger partial charge in [-0.1, -0.05) is 13.8 Å². The molecule has 1 aliphatic rings. The maximum atomic E-state index is 12.2. The highest BCUT2D eigenvalue weighted by atomic mass is 16.5. The maximum Gasteiger partial charge on any atom is 0.293 e. The summed E-state index contributed by atoms with van der Waals surface area (Å²) in [5, 5.41) is 13.1. The monoisotopic (exact) mass is 310 g/mol. The fourth-order valence-electron chi connectivity index (χ4n) is 2.47. The van der Waals surface area contributed by atoms with Crippen molar-refractivity contribution in [3.8, 4) is 0 Å². The first-order valence-corrected chi connectivity index (χ1v) is 7.83. The van der Waals surface area contributed by atoms with E-state index in [1.807, 2.05) is 0 Å². The van der Waals surface area contributed by atoms with Crippen LogP contribution in [0.3, 0.4) is 0 Å². The number of morpholine rings is 1. The van der Waals surface area contributed by atoms with Crippen LogP contribution in [0.2, 0.25) is 0 Å². The van der Waals surface area contributed by atoms with Crippen molar-refractivity contribution in [2.45, 2.75) is 26.5 Å². The van der Waals surface area contributed by atoms with Gasteiger partial charge in [-0.3, -0.25) is 9.69 Å². The topological polar surface area (TPSA) is 79.6 Å². The second kappa shape index (κ2) is 8.26. The van der Waals surface area contributed by atoms with Crippen LogP contribution in [0, 0.1) is 5.92 Å². The van der Waals surface area contributed by atoms with Crippen molar-refractivity contribution in [1.29, 1.82) is 0 Å². The van der Waals surface area contributed by atoms with Gasteiger partial charge in [-0.25, -0.2) is 4.98 Å². The first-order valence-electron chi connectivity index (χ1n) is 7.83. The van der Waals surface area contributed by atoms with E-state index in [4.69, 9.17) is 4.74 Å². The predicted octanol–water partition coefficient (Wildman–Crippen LogP) is 0.00430. The molecule has 124 valence electrons. The van der Waals surface area contributed by atoms with Gasteiger partial charge in [0.05, 0.1) is 19.3 Å². The van der Waals surface area contributed by atoms with Crippen molar-refractivity contribution in [1.82, 2.24) is 14.5 Å². The number of β-amino-alcohol motifs (C(OH)–C–C–N with tert-alkyl or cyclic N) is 1. The van der Waals surface area contributed by atoms with Crippen molar-refractivity contribution in [3.63, 3.8) is 0 Å². The summed E-state index contributed by atoms with van der Waals surface area (Å²) in [6.45, 7) is 8.75. The third-order valence-corrected chi connectivity index (χ3v) is 3.55. The summed E-state index contributed by atoms with van der Waals surface area (Å²) in [5.41, 5.74) is -0.144. The summed E-state index contributed by atoms with van der Waals surface area (Å²) in [5.74, 6) is 0.684. The quantitative estimate of drug-likeness (QED) is 0.738. The van der Waals surface area contributed by atoms with Crippen LogP contribution in [0.4, 0.5) is 5.82 Å². The van der Waals surface area contributed by atoms with E-state index >= 15 is 0 Å². The van der Waals surface area contributed by atoms with Gasteiger partial charge in [0, 0.05) is 45.1 Å². The highest BCUT2D eigenvalue weighted by molar-refractivity contribution is 5.30. The van der Waals surface area contributed by atoms with E-state index in [1.54, 1.807) is 17.0 Å². The van der Waals surface area contributed by atoms with Crippen molar-refractivity contribution in [3.05, 3.63) is 22.7 Å². The molecule has 1 aromatic heterocycles. The number of hydrogen-bond donors (Lipinski definition) is 2. The molecule has 1 aliphatic heterocycles. The fraction of sp³-hybridized carbons (Fsp3) is 0.733. The van der Waals surface area contributed by atoms with Crippen LogP contribution in [0.15, 0.2) is 17.2 Å². The summed E-state index contributed by atoms with van der Waals surface area (Å²) in [6.07, 6.45) is 2.76. The largest absolute Gasteiger partial charge is 0.390 e. The first-order chi connectivity index (χ1) is 10.6. The Bertz CT molecular complexity index is 512. The Kier molecular flexibility index (Phi) is 6.35. The minimum atomic E-state index is -0.543. The normalized spacial score (nSPS) is 17.6. The molecule has 22 heavy (non-hydrogen) atoms. The number of aliphatic hydroxyl groups excluding tert-OH is 1. The van der Waals surface area contributed by atoms with Crippen LogP contribution in [-0.4, -0.2) is 65.1 Å². The maximum absolute atomic E-state index is 12.2. The van der Waals surface area contributed by atoms with Crippen LogP contribution in [0.1, 0.15) is 13.8 Å². The number of aromatic nitrogens is 2. The van der Waals surface area contributed by atoms with Crippen molar-refractivity contribution >= 4 is 5.82 Å². The zero-order chi connectivity index (χ0) is 15.9. The molecule has 2 heterocycles. The van der Waals surface area contributed by atoms with Gasteiger partial charge in [-0.2, -0.15) is 0 Å². The highest BCUT2D eigenvalue weighted by Crippen LogP contribution is 2.01. The molecule has 0 aliphatic carbocycles. The molecule has 7 heteroatoms. The molecule has 0 spiro atoms. The first kappa shape index (κ1) is 16.9. The molecular weight excluding hydrogens is 284 g/mol. The number of ether oxygens (including phenoxy) is 1. The summed E-state index contributed by atoms with van der Waals surface area (Å²) in [4.78, 5) is 18.5. The van der Waals surface area contributed by atoms with Gasteiger partial charge in [0.2, 0.25) is 0 Å². The molecule has 1 fully saturated rings. The molecule has 0 aromatic carbocycles. The van der Waals surface area contributed by atoms with Gasteiger partial charge >= 0.3 is 0 Å². The van der Waals surface area contributed by atoms with E-state index < -0.39 is 6.10 Å². The molecule has 2 N–H and O–H groups in total. The van der Waals surface area contributed by atoms with Gasteiger partial charge in [0.15, 0.2) is 5.82 Å². The summed E-state index contributed by atoms with van der Waals surface area (Å²) in [6, 6.07) is 0. The van der Waals surface area contributed by atoms with Gasteiger partial charge in [0.1, 0.15) is 0 Å². The van der Waals surface area contributed by atoms with Crippen LogP contribution in [0.25, 0.3) is 0 Å². The van der Waals surface area contributed by atoms with E-state index in [-0.39, 0.29) is 5.56 Å². The highest BCUT2D eigenvalue weighted by Gasteiger charge is 2.15. The van der Waals surface area contributed by atoms with Crippen LogP contribution in [-0.2, 0) is 11.3 Å². The Labute approximate surface area is 130 Å². The number of anilines is 1. The van der Waals surface area contributed by atoms with Gasteiger partial charge < -0.3 is 19.7 Å².